The van der Waals surface area contributed by atoms with Gasteiger partial charge in [-0.3, -0.25) is 13.9 Å². The minimum absolute atomic E-state index is 0.00157. The first-order valence-corrected chi connectivity index (χ1v) is 14.5. The quantitative estimate of drug-likeness (QED) is 0.314. The van der Waals surface area contributed by atoms with Gasteiger partial charge in [0.1, 0.15) is 18.3 Å². The lowest BCUT2D eigenvalue weighted by Gasteiger charge is -2.32. The molecule has 0 radical (unpaired) electrons. The average molecular weight is 593 g/mol. The van der Waals surface area contributed by atoms with Gasteiger partial charge in [-0.25, -0.2) is 8.42 Å². The molecular weight excluding hydrogens is 561 g/mol. The van der Waals surface area contributed by atoms with E-state index >= 15 is 0 Å². The third-order valence-electron chi connectivity index (χ3n) is 6.02. The molecule has 0 aliphatic rings. The minimum atomic E-state index is -4.19. The summed E-state index contributed by atoms with van der Waals surface area (Å²) in [7, 11) is -2.77. The van der Waals surface area contributed by atoms with E-state index in [4.69, 9.17) is 27.9 Å². The van der Waals surface area contributed by atoms with Crippen molar-refractivity contribution < 1.29 is 22.7 Å². The number of methoxy groups -OCH3 is 1. The van der Waals surface area contributed by atoms with E-state index in [2.05, 4.69) is 5.32 Å². The molecule has 0 spiro atoms. The van der Waals surface area contributed by atoms with Gasteiger partial charge in [-0.15, -0.1) is 0 Å². The van der Waals surface area contributed by atoms with E-state index in [1.54, 1.807) is 67.6 Å². The van der Waals surface area contributed by atoms with Gasteiger partial charge in [0.2, 0.25) is 11.8 Å². The van der Waals surface area contributed by atoms with Crippen LogP contribution in [0.4, 0.5) is 5.69 Å². The SMILES string of the molecule is CCCNC(=O)C(C)N(Cc1ccc(Cl)c(Cl)c1)C(=O)CN(c1ccccc1OC)S(=O)(=O)c1ccccc1. The molecule has 3 rings (SSSR count). The van der Waals surface area contributed by atoms with Gasteiger partial charge in [-0.2, -0.15) is 0 Å². The predicted molar refractivity (Wildman–Crippen MR) is 154 cm³/mol. The molecule has 0 bridgehead atoms. The van der Waals surface area contributed by atoms with Crippen LogP contribution in [0.5, 0.6) is 5.75 Å². The largest absolute Gasteiger partial charge is 0.495 e. The van der Waals surface area contributed by atoms with Crippen LogP contribution in [-0.4, -0.2) is 51.4 Å². The molecule has 0 aromatic heterocycles. The molecule has 1 unspecified atom stereocenters. The van der Waals surface area contributed by atoms with Crippen LogP contribution in [0.15, 0.2) is 77.7 Å². The summed E-state index contributed by atoms with van der Waals surface area (Å²) in [6, 6.07) is 18.4. The summed E-state index contributed by atoms with van der Waals surface area (Å²) in [5.74, 6) is -0.680. The second kappa shape index (κ2) is 13.7. The number of benzene rings is 3. The molecule has 3 aromatic carbocycles. The van der Waals surface area contributed by atoms with Gasteiger partial charge in [0.15, 0.2) is 0 Å². The Balaban J connectivity index is 2.05. The number of sulfonamides is 1. The van der Waals surface area contributed by atoms with Crippen molar-refractivity contribution in [2.45, 2.75) is 37.8 Å². The summed E-state index contributed by atoms with van der Waals surface area (Å²) in [5.41, 5.74) is 0.817. The van der Waals surface area contributed by atoms with Crippen LogP contribution in [0.1, 0.15) is 25.8 Å². The summed E-state index contributed by atoms with van der Waals surface area (Å²) in [6.45, 7) is 3.38. The Bertz CT molecular complexity index is 1400. The van der Waals surface area contributed by atoms with Gasteiger partial charge in [0.05, 0.1) is 27.7 Å². The van der Waals surface area contributed by atoms with Gasteiger partial charge < -0.3 is 15.0 Å². The molecule has 3 aromatic rings. The highest BCUT2D eigenvalue weighted by atomic mass is 35.5. The predicted octanol–water partition coefficient (Wildman–Crippen LogP) is 5.14. The summed E-state index contributed by atoms with van der Waals surface area (Å²) >= 11 is 12.3. The Morgan fingerprint density at radius 3 is 2.28 bits per heavy atom. The van der Waals surface area contributed by atoms with Crippen molar-refractivity contribution in [1.82, 2.24) is 10.2 Å². The number of ether oxygens (including phenoxy) is 1. The van der Waals surface area contributed by atoms with E-state index in [1.807, 2.05) is 6.92 Å². The molecule has 39 heavy (non-hydrogen) atoms. The van der Waals surface area contributed by atoms with Crippen molar-refractivity contribution in [3.05, 3.63) is 88.4 Å². The number of hydrogen-bond donors (Lipinski definition) is 1. The van der Waals surface area contributed by atoms with E-state index in [0.717, 1.165) is 10.7 Å². The Hall–Kier alpha value is -3.27. The number of para-hydroxylation sites is 2. The zero-order valence-electron chi connectivity index (χ0n) is 21.9. The van der Waals surface area contributed by atoms with Gasteiger partial charge >= 0.3 is 0 Å². The van der Waals surface area contributed by atoms with Crippen LogP contribution in [0, 0.1) is 0 Å². The van der Waals surface area contributed by atoms with E-state index < -0.39 is 28.5 Å². The maximum Gasteiger partial charge on any atom is 0.264 e. The first-order valence-electron chi connectivity index (χ1n) is 12.3. The summed E-state index contributed by atoms with van der Waals surface area (Å²) in [4.78, 5) is 28.2. The highest BCUT2D eigenvalue weighted by molar-refractivity contribution is 7.92. The average Bonchev–Trinajstić information content (AvgIpc) is 2.95. The smallest absolute Gasteiger partial charge is 0.264 e. The third-order valence-corrected chi connectivity index (χ3v) is 8.53. The first kappa shape index (κ1) is 30.3. The summed E-state index contributed by atoms with van der Waals surface area (Å²) in [5, 5.41) is 3.45. The zero-order chi connectivity index (χ0) is 28.6. The molecule has 208 valence electrons. The maximum atomic E-state index is 13.9. The van der Waals surface area contributed by atoms with Crippen molar-refractivity contribution in [1.29, 1.82) is 0 Å². The number of carbonyl (C=O) groups excluding carboxylic acids is 2. The van der Waals surface area contributed by atoms with Crippen molar-refractivity contribution in [2.24, 2.45) is 0 Å². The molecule has 0 aliphatic carbocycles. The molecule has 1 atom stereocenters. The molecule has 1 N–H and O–H groups in total. The molecular formula is C28H31Cl2N3O5S. The van der Waals surface area contributed by atoms with Crippen LogP contribution in [-0.2, 0) is 26.2 Å². The number of nitrogens with zero attached hydrogens (tertiary/aromatic N) is 2. The van der Waals surface area contributed by atoms with Gasteiger partial charge in [-0.05, 0) is 55.3 Å². The van der Waals surface area contributed by atoms with Gasteiger partial charge in [0.25, 0.3) is 10.0 Å². The Morgan fingerprint density at radius 2 is 1.64 bits per heavy atom. The lowest BCUT2D eigenvalue weighted by atomic mass is 10.1. The van der Waals surface area contributed by atoms with Crippen molar-refractivity contribution in [3.63, 3.8) is 0 Å². The fourth-order valence-electron chi connectivity index (χ4n) is 3.88. The summed E-state index contributed by atoms with van der Waals surface area (Å²) in [6.07, 6.45) is 0.718. The van der Waals surface area contributed by atoms with Crippen LogP contribution >= 0.6 is 23.2 Å². The molecule has 11 heteroatoms. The molecule has 0 fully saturated rings. The fourth-order valence-corrected chi connectivity index (χ4v) is 5.65. The Labute approximate surface area is 239 Å². The molecule has 2 amide bonds. The van der Waals surface area contributed by atoms with Crippen LogP contribution in [0.25, 0.3) is 0 Å². The van der Waals surface area contributed by atoms with Crippen molar-refractivity contribution in [2.75, 3.05) is 24.5 Å². The van der Waals surface area contributed by atoms with E-state index in [0.29, 0.717) is 22.2 Å². The minimum Gasteiger partial charge on any atom is -0.495 e. The van der Waals surface area contributed by atoms with E-state index in [-0.39, 0.29) is 28.8 Å². The van der Waals surface area contributed by atoms with Crippen molar-refractivity contribution in [3.8, 4) is 5.75 Å². The van der Waals surface area contributed by atoms with E-state index in [9.17, 15) is 18.0 Å². The molecule has 0 aliphatic heterocycles. The number of halogens is 2. The third kappa shape index (κ3) is 7.44. The maximum absolute atomic E-state index is 13.9. The van der Waals surface area contributed by atoms with Crippen LogP contribution in [0.3, 0.4) is 0 Å². The standard InChI is InChI=1S/C28H31Cl2N3O5S/c1-4-16-31-28(35)20(2)32(18-21-14-15-23(29)24(30)17-21)27(34)19-33(25-12-8-9-13-26(25)38-3)39(36,37)22-10-6-5-7-11-22/h5-15,17,20H,4,16,18-19H2,1-3H3,(H,31,35). The van der Waals surface area contributed by atoms with Crippen LogP contribution < -0.4 is 14.4 Å². The monoisotopic (exact) mass is 591 g/mol. The fraction of sp³-hybridized carbons (Fsp3) is 0.286. The number of carbonyl (C=O) groups is 2. The molecule has 0 saturated carbocycles. The second-order valence-corrected chi connectivity index (χ2v) is 11.4. The van der Waals surface area contributed by atoms with Crippen molar-refractivity contribution >= 4 is 50.7 Å². The lowest BCUT2D eigenvalue weighted by molar-refractivity contribution is -0.139. The number of nitrogens with one attached hydrogen (secondary N) is 1. The number of hydrogen-bond acceptors (Lipinski definition) is 5. The number of amides is 2. The Kier molecular flexibility index (Phi) is 10.6. The zero-order valence-corrected chi connectivity index (χ0v) is 24.3. The number of anilines is 1. The highest BCUT2D eigenvalue weighted by Crippen LogP contribution is 2.32. The van der Waals surface area contributed by atoms with Gasteiger partial charge in [-0.1, -0.05) is 66.5 Å². The summed E-state index contributed by atoms with van der Waals surface area (Å²) < 4.78 is 34.1. The molecule has 0 saturated heterocycles. The number of rotatable bonds is 12. The highest BCUT2D eigenvalue weighted by Gasteiger charge is 2.33. The van der Waals surface area contributed by atoms with Crippen LogP contribution in [0.2, 0.25) is 10.0 Å². The molecule has 0 heterocycles. The van der Waals surface area contributed by atoms with E-state index in [1.165, 1.54) is 24.1 Å². The topological polar surface area (TPSA) is 96.0 Å². The normalized spacial score (nSPS) is 11.9. The Morgan fingerprint density at radius 1 is 0.974 bits per heavy atom. The lowest BCUT2D eigenvalue weighted by Crippen LogP contribution is -2.51. The molecule has 8 nitrogen and oxygen atoms in total. The van der Waals surface area contributed by atoms with Gasteiger partial charge in [0, 0.05) is 13.1 Å². The second-order valence-electron chi connectivity index (χ2n) is 8.73. The first-order chi connectivity index (χ1) is 18.6.